The zero-order valence-electron chi connectivity index (χ0n) is 8.03. The lowest BCUT2D eigenvalue weighted by Crippen LogP contribution is -2.25. The Balaban J connectivity index is 2.51. The summed E-state index contributed by atoms with van der Waals surface area (Å²) < 4.78 is 5.15. The fraction of sp³-hybridized carbons (Fsp3) is 0.200. The van der Waals surface area contributed by atoms with Gasteiger partial charge in [-0.05, 0) is 24.6 Å². The third kappa shape index (κ3) is 1.63. The normalized spacial score (nSPS) is 13.8. The Morgan fingerprint density at radius 3 is 2.93 bits per heavy atom. The number of hydrogen-bond donors (Lipinski definition) is 2. The van der Waals surface area contributed by atoms with Gasteiger partial charge in [0.1, 0.15) is 5.75 Å². The molecule has 0 saturated heterocycles. The maximum Gasteiger partial charge on any atom is 0.336 e. The molecule has 0 aliphatic carbocycles. The van der Waals surface area contributed by atoms with Gasteiger partial charge < -0.3 is 15.2 Å². The Bertz CT molecular complexity index is 453. The van der Waals surface area contributed by atoms with Crippen LogP contribution in [0.1, 0.15) is 15.9 Å². The highest BCUT2D eigenvalue weighted by molar-refractivity contribution is 5.98. The zero-order valence-corrected chi connectivity index (χ0v) is 8.03. The first-order valence-corrected chi connectivity index (χ1v) is 4.38. The SMILES string of the molecule is Cc1cc2c(cc1C(=O)O)NC(=O)CO2. The van der Waals surface area contributed by atoms with E-state index in [0.717, 1.165) is 0 Å². The van der Waals surface area contributed by atoms with E-state index in [1.54, 1.807) is 13.0 Å². The Morgan fingerprint density at radius 1 is 1.53 bits per heavy atom. The van der Waals surface area contributed by atoms with E-state index in [4.69, 9.17) is 9.84 Å². The summed E-state index contributed by atoms with van der Waals surface area (Å²) in [7, 11) is 0. The molecule has 2 N–H and O–H groups in total. The fourth-order valence-corrected chi connectivity index (χ4v) is 1.46. The molecule has 0 unspecified atom stereocenters. The van der Waals surface area contributed by atoms with Crippen LogP contribution < -0.4 is 10.1 Å². The number of nitrogens with one attached hydrogen (secondary N) is 1. The maximum atomic E-state index is 11.0. The van der Waals surface area contributed by atoms with Crippen molar-refractivity contribution in [3.63, 3.8) is 0 Å². The Hall–Kier alpha value is -2.04. The molecule has 0 bridgehead atoms. The van der Waals surface area contributed by atoms with Gasteiger partial charge in [0.05, 0.1) is 11.3 Å². The maximum absolute atomic E-state index is 11.0. The minimum absolute atomic E-state index is 0.0289. The number of ether oxygens (including phenoxy) is 1. The van der Waals surface area contributed by atoms with E-state index in [-0.39, 0.29) is 18.1 Å². The number of amides is 1. The number of aromatic carboxylic acids is 1. The van der Waals surface area contributed by atoms with Gasteiger partial charge in [-0.3, -0.25) is 4.79 Å². The lowest BCUT2D eigenvalue weighted by atomic mass is 10.1. The van der Waals surface area contributed by atoms with Crippen LogP contribution in [-0.4, -0.2) is 23.6 Å². The van der Waals surface area contributed by atoms with E-state index >= 15 is 0 Å². The molecular formula is C10H9NO4. The molecule has 78 valence electrons. The number of rotatable bonds is 1. The van der Waals surface area contributed by atoms with Crippen LogP contribution in [0.4, 0.5) is 5.69 Å². The van der Waals surface area contributed by atoms with Crippen LogP contribution in [0.2, 0.25) is 0 Å². The number of fused-ring (bicyclic) bond motifs is 1. The van der Waals surface area contributed by atoms with Crippen LogP contribution in [0.3, 0.4) is 0 Å². The van der Waals surface area contributed by atoms with Crippen molar-refractivity contribution in [2.45, 2.75) is 6.92 Å². The molecule has 0 saturated carbocycles. The molecule has 1 aliphatic rings. The second-order valence-electron chi connectivity index (χ2n) is 3.31. The minimum atomic E-state index is -1.02. The average Bonchev–Trinajstić information content (AvgIpc) is 2.17. The second kappa shape index (κ2) is 3.27. The molecule has 0 radical (unpaired) electrons. The first-order chi connectivity index (χ1) is 7.08. The summed E-state index contributed by atoms with van der Waals surface area (Å²) in [5.74, 6) is -0.782. The van der Waals surface area contributed by atoms with Crippen molar-refractivity contribution in [2.75, 3.05) is 11.9 Å². The lowest BCUT2D eigenvalue weighted by molar-refractivity contribution is -0.118. The molecule has 1 aromatic carbocycles. The van der Waals surface area contributed by atoms with Crippen molar-refractivity contribution >= 4 is 17.6 Å². The van der Waals surface area contributed by atoms with E-state index in [9.17, 15) is 9.59 Å². The number of anilines is 1. The first-order valence-electron chi connectivity index (χ1n) is 4.38. The van der Waals surface area contributed by atoms with Crippen molar-refractivity contribution in [2.24, 2.45) is 0 Å². The van der Waals surface area contributed by atoms with Crippen molar-refractivity contribution in [3.05, 3.63) is 23.3 Å². The van der Waals surface area contributed by atoms with Gasteiger partial charge in [-0.1, -0.05) is 0 Å². The molecule has 15 heavy (non-hydrogen) atoms. The van der Waals surface area contributed by atoms with Gasteiger partial charge >= 0.3 is 5.97 Å². The average molecular weight is 207 g/mol. The summed E-state index contributed by atoms with van der Waals surface area (Å²) in [5.41, 5.74) is 1.19. The van der Waals surface area contributed by atoms with Crippen molar-refractivity contribution in [1.82, 2.24) is 0 Å². The fourth-order valence-electron chi connectivity index (χ4n) is 1.46. The number of carboxylic acid groups (broad SMARTS) is 1. The number of carboxylic acids is 1. The summed E-state index contributed by atoms with van der Waals surface area (Å²) in [4.78, 5) is 21.8. The molecule has 5 nitrogen and oxygen atoms in total. The molecule has 0 spiro atoms. The summed E-state index contributed by atoms with van der Waals surface area (Å²) in [6, 6.07) is 3.02. The van der Waals surface area contributed by atoms with Crippen molar-refractivity contribution in [3.8, 4) is 5.75 Å². The topological polar surface area (TPSA) is 75.6 Å². The van der Waals surface area contributed by atoms with Gasteiger partial charge in [-0.25, -0.2) is 4.79 Å². The standard InChI is InChI=1S/C10H9NO4/c1-5-2-8-7(3-6(5)10(13)14)11-9(12)4-15-8/h2-3H,4H2,1H3,(H,11,12)(H,13,14). The highest BCUT2D eigenvalue weighted by Gasteiger charge is 2.19. The number of benzene rings is 1. The monoisotopic (exact) mass is 207 g/mol. The molecular weight excluding hydrogens is 198 g/mol. The Labute approximate surface area is 85.7 Å². The lowest BCUT2D eigenvalue weighted by Gasteiger charge is -2.19. The first kappa shape index (κ1) is 9.51. The predicted molar refractivity (Wildman–Crippen MR) is 52.3 cm³/mol. The van der Waals surface area contributed by atoms with Crippen LogP contribution >= 0.6 is 0 Å². The summed E-state index contributed by atoms with van der Waals surface area (Å²) >= 11 is 0. The summed E-state index contributed by atoms with van der Waals surface area (Å²) in [6.07, 6.45) is 0. The van der Waals surface area contributed by atoms with Crippen LogP contribution in [0.25, 0.3) is 0 Å². The van der Waals surface area contributed by atoms with Crippen molar-refractivity contribution in [1.29, 1.82) is 0 Å². The Kier molecular flexibility index (Phi) is 2.07. The van der Waals surface area contributed by atoms with Gasteiger partial charge in [0, 0.05) is 0 Å². The smallest absolute Gasteiger partial charge is 0.336 e. The molecule has 1 amide bonds. The van der Waals surface area contributed by atoms with Crippen LogP contribution in [-0.2, 0) is 4.79 Å². The highest BCUT2D eigenvalue weighted by atomic mass is 16.5. The second-order valence-corrected chi connectivity index (χ2v) is 3.31. The minimum Gasteiger partial charge on any atom is -0.482 e. The van der Waals surface area contributed by atoms with E-state index in [2.05, 4.69) is 5.32 Å². The van der Waals surface area contributed by atoms with Gasteiger partial charge in [-0.15, -0.1) is 0 Å². The quantitative estimate of drug-likeness (QED) is 0.721. The molecule has 1 heterocycles. The van der Waals surface area contributed by atoms with Crippen molar-refractivity contribution < 1.29 is 19.4 Å². The van der Waals surface area contributed by atoms with Crippen LogP contribution in [0.15, 0.2) is 12.1 Å². The van der Waals surface area contributed by atoms with Gasteiger partial charge in [0.25, 0.3) is 5.91 Å². The summed E-state index contributed by atoms with van der Waals surface area (Å²) in [5, 5.41) is 11.4. The van der Waals surface area contributed by atoms with Gasteiger partial charge in [0.15, 0.2) is 6.61 Å². The van der Waals surface area contributed by atoms with E-state index < -0.39 is 5.97 Å². The molecule has 0 fully saturated rings. The van der Waals surface area contributed by atoms with Crippen LogP contribution in [0.5, 0.6) is 5.75 Å². The molecule has 5 heteroatoms. The van der Waals surface area contributed by atoms with E-state index in [0.29, 0.717) is 17.0 Å². The van der Waals surface area contributed by atoms with E-state index in [1.165, 1.54) is 6.07 Å². The third-order valence-corrected chi connectivity index (χ3v) is 2.19. The Morgan fingerprint density at radius 2 is 2.27 bits per heavy atom. The number of carbonyl (C=O) groups is 2. The molecule has 1 aromatic rings. The molecule has 0 atom stereocenters. The third-order valence-electron chi connectivity index (χ3n) is 2.19. The molecule has 2 rings (SSSR count). The van der Waals surface area contributed by atoms with Gasteiger partial charge in [-0.2, -0.15) is 0 Å². The number of hydrogen-bond acceptors (Lipinski definition) is 3. The molecule has 1 aliphatic heterocycles. The zero-order chi connectivity index (χ0) is 11.0. The predicted octanol–water partition coefficient (Wildman–Crippen LogP) is 1.02. The van der Waals surface area contributed by atoms with E-state index in [1.807, 2.05) is 0 Å². The number of carbonyl (C=O) groups excluding carboxylic acids is 1. The largest absolute Gasteiger partial charge is 0.482 e. The summed E-state index contributed by atoms with van der Waals surface area (Å²) in [6.45, 7) is 1.66. The highest BCUT2D eigenvalue weighted by Crippen LogP contribution is 2.30. The molecule has 0 aromatic heterocycles. The van der Waals surface area contributed by atoms with Crippen LogP contribution in [0, 0.1) is 6.92 Å². The van der Waals surface area contributed by atoms with Gasteiger partial charge in [0.2, 0.25) is 0 Å². The number of aryl methyl sites for hydroxylation is 1.